The van der Waals surface area contributed by atoms with Crippen LogP contribution in [-0.2, 0) is 0 Å². The minimum Gasteiger partial charge on any atom is -0.340 e. The zero-order chi connectivity index (χ0) is 13.7. The Balaban J connectivity index is 3.03. The number of likely N-dealkylation sites (N-methyl/N-ethyl adjacent to an activating group) is 2. The third kappa shape index (κ3) is 3.38. The highest BCUT2D eigenvalue weighted by molar-refractivity contribution is 6.29. The average molecular weight is 273 g/mol. The Morgan fingerprint density at radius 3 is 2.89 bits per heavy atom. The first kappa shape index (κ1) is 14.3. The molecule has 18 heavy (non-hydrogen) atoms. The largest absolute Gasteiger partial charge is 0.340 e. The SMILES string of the molecule is CNCCN(C)C(=O)c1cc(Cl)ncc1[N+](=O)[O-]. The summed E-state index contributed by atoms with van der Waals surface area (Å²) in [6.07, 6.45) is 0.988. The quantitative estimate of drug-likeness (QED) is 0.489. The van der Waals surface area contributed by atoms with E-state index in [1.165, 1.54) is 11.0 Å². The van der Waals surface area contributed by atoms with Crippen LogP contribution in [0.1, 0.15) is 10.4 Å². The summed E-state index contributed by atoms with van der Waals surface area (Å²) in [5.74, 6) is -0.457. The van der Waals surface area contributed by atoms with E-state index in [0.29, 0.717) is 13.1 Å². The molecule has 8 heteroatoms. The van der Waals surface area contributed by atoms with Crippen molar-refractivity contribution in [2.24, 2.45) is 0 Å². The van der Waals surface area contributed by atoms with E-state index in [-0.39, 0.29) is 16.4 Å². The Morgan fingerprint density at radius 1 is 1.67 bits per heavy atom. The Labute approximate surface area is 109 Å². The van der Waals surface area contributed by atoms with E-state index in [1.54, 1.807) is 14.1 Å². The highest BCUT2D eigenvalue weighted by atomic mass is 35.5. The molecule has 7 nitrogen and oxygen atoms in total. The van der Waals surface area contributed by atoms with Crippen molar-refractivity contribution in [2.75, 3.05) is 27.2 Å². The van der Waals surface area contributed by atoms with Crippen molar-refractivity contribution in [3.8, 4) is 0 Å². The van der Waals surface area contributed by atoms with Crippen molar-refractivity contribution >= 4 is 23.2 Å². The molecule has 0 saturated heterocycles. The number of nitrogens with one attached hydrogen (secondary N) is 1. The Bertz CT molecular complexity index is 466. The van der Waals surface area contributed by atoms with Gasteiger partial charge in [-0.2, -0.15) is 0 Å². The number of halogens is 1. The van der Waals surface area contributed by atoms with E-state index in [0.717, 1.165) is 6.20 Å². The lowest BCUT2D eigenvalue weighted by atomic mass is 10.2. The minimum atomic E-state index is -0.650. The lowest BCUT2D eigenvalue weighted by Gasteiger charge is -2.16. The molecule has 0 bridgehead atoms. The summed E-state index contributed by atoms with van der Waals surface area (Å²) in [5, 5.41) is 13.7. The van der Waals surface area contributed by atoms with Crippen LogP contribution >= 0.6 is 11.6 Å². The molecule has 1 amide bonds. The van der Waals surface area contributed by atoms with Gasteiger partial charge in [-0.15, -0.1) is 0 Å². The molecule has 1 rings (SSSR count). The van der Waals surface area contributed by atoms with Crippen LogP contribution in [0.4, 0.5) is 5.69 Å². The molecule has 0 fully saturated rings. The Kier molecular flexibility index (Phi) is 4.99. The molecule has 1 heterocycles. The normalized spacial score (nSPS) is 10.2. The second-order valence-electron chi connectivity index (χ2n) is 3.61. The summed E-state index contributed by atoms with van der Waals surface area (Å²) in [6, 6.07) is 1.21. The van der Waals surface area contributed by atoms with Gasteiger partial charge in [0.05, 0.1) is 4.92 Å². The summed E-state index contributed by atoms with van der Waals surface area (Å²) >= 11 is 5.66. The van der Waals surface area contributed by atoms with Gasteiger partial charge in [0.1, 0.15) is 16.9 Å². The third-order valence-corrected chi connectivity index (χ3v) is 2.53. The number of carbonyl (C=O) groups excluding carboxylic acids is 1. The highest BCUT2D eigenvalue weighted by Crippen LogP contribution is 2.21. The van der Waals surface area contributed by atoms with E-state index in [4.69, 9.17) is 11.6 Å². The number of amides is 1. The van der Waals surface area contributed by atoms with E-state index < -0.39 is 10.8 Å². The van der Waals surface area contributed by atoms with Crippen LogP contribution in [0.5, 0.6) is 0 Å². The number of carbonyl (C=O) groups is 1. The molecule has 0 aliphatic heterocycles. The molecule has 0 radical (unpaired) electrons. The molecular formula is C10H13ClN4O3. The van der Waals surface area contributed by atoms with Crippen molar-refractivity contribution < 1.29 is 9.72 Å². The molecule has 1 N–H and O–H groups in total. The molecule has 0 aliphatic carbocycles. The summed E-state index contributed by atoms with van der Waals surface area (Å²) in [7, 11) is 3.32. The predicted molar refractivity (Wildman–Crippen MR) is 66.8 cm³/mol. The maximum absolute atomic E-state index is 12.0. The summed E-state index contributed by atoms with van der Waals surface area (Å²) < 4.78 is 0. The van der Waals surface area contributed by atoms with Gasteiger partial charge >= 0.3 is 0 Å². The van der Waals surface area contributed by atoms with Gasteiger partial charge in [-0.25, -0.2) is 4.98 Å². The summed E-state index contributed by atoms with van der Waals surface area (Å²) in [4.78, 5) is 27.2. The first-order valence-electron chi connectivity index (χ1n) is 5.17. The molecular weight excluding hydrogens is 260 g/mol. The van der Waals surface area contributed by atoms with Gasteiger partial charge in [0.2, 0.25) is 0 Å². The number of nitro groups is 1. The molecule has 0 aromatic carbocycles. The van der Waals surface area contributed by atoms with Crippen LogP contribution in [0, 0.1) is 10.1 Å². The number of rotatable bonds is 5. The molecule has 0 spiro atoms. The topological polar surface area (TPSA) is 88.4 Å². The maximum Gasteiger partial charge on any atom is 0.300 e. The van der Waals surface area contributed by atoms with Crippen LogP contribution in [0.25, 0.3) is 0 Å². The van der Waals surface area contributed by atoms with Crippen LogP contribution in [0.3, 0.4) is 0 Å². The Morgan fingerprint density at radius 2 is 2.33 bits per heavy atom. The fourth-order valence-corrected chi connectivity index (χ4v) is 1.48. The predicted octanol–water partition coefficient (Wildman–Crippen LogP) is 0.935. The van der Waals surface area contributed by atoms with E-state index in [9.17, 15) is 14.9 Å². The summed E-state index contributed by atoms with van der Waals surface area (Å²) in [5.41, 5.74) is -0.403. The third-order valence-electron chi connectivity index (χ3n) is 2.32. The van der Waals surface area contributed by atoms with Gasteiger partial charge in [0, 0.05) is 20.1 Å². The van der Waals surface area contributed by atoms with Crippen molar-refractivity contribution in [3.05, 3.63) is 33.1 Å². The lowest BCUT2D eigenvalue weighted by molar-refractivity contribution is -0.385. The van der Waals surface area contributed by atoms with Gasteiger partial charge in [-0.1, -0.05) is 11.6 Å². The van der Waals surface area contributed by atoms with Crippen LogP contribution in [-0.4, -0.2) is 47.9 Å². The van der Waals surface area contributed by atoms with Gasteiger partial charge in [-0.05, 0) is 13.1 Å². The van der Waals surface area contributed by atoms with Crippen molar-refractivity contribution in [1.82, 2.24) is 15.2 Å². The smallest absolute Gasteiger partial charge is 0.300 e. The second kappa shape index (κ2) is 6.27. The fraction of sp³-hybridized carbons (Fsp3) is 0.400. The second-order valence-corrected chi connectivity index (χ2v) is 4.00. The standard InChI is InChI=1S/C10H13ClN4O3/c1-12-3-4-14(2)10(16)7-5-9(11)13-6-8(7)15(17)18/h5-6,12H,3-4H2,1-2H3. The van der Waals surface area contributed by atoms with Gasteiger partial charge in [0.25, 0.3) is 11.6 Å². The van der Waals surface area contributed by atoms with Crippen LogP contribution < -0.4 is 5.32 Å². The monoisotopic (exact) mass is 272 g/mol. The average Bonchev–Trinajstić information content (AvgIpc) is 2.34. The fourth-order valence-electron chi connectivity index (χ4n) is 1.33. The molecule has 0 saturated carbocycles. The zero-order valence-electron chi connectivity index (χ0n) is 10.0. The molecule has 0 atom stereocenters. The number of nitrogens with zero attached hydrogens (tertiary/aromatic N) is 3. The number of hydrogen-bond donors (Lipinski definition) is 1. The van der Waals surface area contributed by atoms with Gasteiger partial charge in [-0.3, -0.25) is 14.9 Å². The van der Waals surface area contributed by atoms with Gasteiger partial charge < -0.3 is 10.2 Å². The molecule has 1 aromatic heterocycles. The van der Waals surface area contributed by atoms with Crippen molar-refractivity contribution in [3.63, 3.8) is 0 Å². The first-order chi connectivity index (χ1) is 8.47. The maximum atomic E-state index is 12.0. The number of hydrogen-bond acceptors (Lipinski definition) is 5. The highest BCUT2D eigenvalue weighted by Gasteiger charge is 2.23. The van der Waals surface area contributed by atoms with Crippen molar-refractivity contribution in [2.45, 2.75) is 0 Å². The van der Waals surface area contributed by atoms with Crippen LogP contribution in [0.15, 0.2) is 12.3 Å². The van der Waals surface area contributed by atoms with Crippen molar-refractivity contribution in [1.29, 1.82) is 0 Å². The minimum absolute atomic E-state index is 0.0472. The van der Waals surface area contributed by atoms with E-state index in [1.807, 2.05) is 0 Å². The molecule has 0 aliphatic rings. The van der Waals surface area contributed by atoms with Gasteiger partial charge in [0.15, 0.2) is 0 Å². The molecule has 1 aromatic rings. The number of pyridine rings is 1. The lowest BCUT2D eigenvalue weighted by Crippen LogP contribution is -2.33. The zero-order valence-corrected chi connectivity index (χ0v) is 10.8. The van der Waals surface area contributed by atoms with E-state index >= 15 is 0 Å². The molecule has 98 valence electrons. The first-order valence-corrected chi connectivity index (χ1v) is 5.55. The Hall–Kier alpha value is -1.73. The summed E-state index contributed by atoms with van der Waals surface area (Å²) in [6.45, 7) is 1.03. The molecule has 0 unspecified atom stereocenters. The van der Waals surface area contributed by atoms with E-state index in [2.05, 4.69) is 10.3 Å². The number of aromatic nitrogens is 1. The van der Waals surface area contributed by atoms with Crippen LogP contribution in [0.2, 0.25) is 5.15 Å².